The van der Waals surface area contributed by atoms with Crippen LogP contribution in [0.4, 0.5) is 10.2 Å². The molecule has 1 saturated heterocycles. The Balaban J connectivity index is 1.87. The van der Waals surface area contributed by atoms with Crippen LogP contribution in [0.2, 0.25) is 5.02 Å². The van der Waals surface area contributed by atoms with Gasteiger partial charge in [-0.05, 0) is 50.0 Å². The van der Waals surface area contributed by atoms with Crippen molar-refractivity contribution in [3.05, 3.63) is 82.0 Å². The summed E-state index contributed by atoms with van der Waals surface area (Å²) in [6, 6.07) is 7.55. The van der Waals surface area contributed by atoms with Crippen molar-refractivity contribution in [2.45, 2.75) is 65.5 Å². The molecule has 0 unspecified atom stereocenters. The summed E-state index contributed by atoms with van der Waals surface area (Å²) in [7, 11) is 0. The van der Waals surface area contributed by atoms with Gasteiger partial charge in [0.15, 0.2) is 5.65 Å². The van der Waals surface area contributed by atoms with Crippen LogP contribution in [0.25, 0.3) is 28.0 Å². The third-order valence-electron chi connectivity index (χ3n) is 7.78. The maximum atomic E-state index is 15.1. The van der Waals surface area contributed by atoms with E-state index in [-0.39, 0.29) is 51.8 Å². The van der Waals surface area contributed by atoms with Gasteiger partial charge in [0.2, 0.25) is 5.91 Å². The fourth-order valence-electron chi connectivity index (χ4n) is 5.88. The molecule has 1 aliphatic rings. The first kappa shape index (κ1) is 30.3. The van der Waals surface area contributed by atoms with Crippen molar-refractivity contribution in [1.29, 1.82) is 0 Å². The van der Waals surface area contributed by atoms with Gasteiger partial charge in [-0.3, -0.25) is 4.79 Å². The highest BCUT2D eigenvalue weighted by Crippen LogP contribution is 2.37. The molecule has 9 nitrogen and oxygen atoms in total. The van der Waals surface area contributed by atoms with Crippen LogP contribution in [0.5, 0.6) is 0 Å². The predicted molar refractivity (Wildman–Crippen MR) is 167 cm³/mol. The summed E-state index contributed by atoms with van der Waals surface area (Å²) in [6.07, 6.45) is 2.81. The lowest BCUT2D eigenvalue weighted by molar-refractivity contribution is -0.127. The summed E-state index contributed by atoms with van der Waals surface area (Å²) in [5.41, 5.74) is 1.95. The Morgan fingerprint density at radius 1 is 1.05 bits per heavy atom. The molecule has 4 aromatic rings. The van der Waals surface area contributed by atoms with Crippen molar-refractivity contribution >= 4 is 34.4 Å². The maximum Gasteiger partial charge on any atom is 0.355 e. The average molecular weight is 604 g/mol. The van der Waals surface area contributed by atoms with E-state index in [2.05, 4.69) is 21.5 Å². The number of nitrogens with zero attached hydrogens (tertiary/aromatic N) is 7. The second-order valence-electron chi connectivity index (χ2n) is 11.6. The summed E-state index contributed by atoms with van der Waals surface area (Å²) in [5.74, 6) is -0.349. The SMILES string of the molecule is C=CC(=O)N1C[C@H](C)N(c2nc(=O)n(-c3c(C(C)C)ncnc3C(C)C)c3nc(-c4ccccc4F)c(Cl)cc23)[C@@H](C)C1. The van der Waals surface area contributed by atoms with Gasteiger partial charge in [-0.25, -0.2) is 28.7 Å². The zero-order valence-corrected chi connectivity index (χ0v) is 25.9. The van der Waals surface area contributed by atoms with Crippen molar-refractivity contribution in [2.24, 2.45) is 0 Å². The van der Waals surface area contributed by atoms with E-state index in [1.807, 2.05) is 46.4 Å². The van der Waals surface area contributed by atoms with Gasteiger partial charge in [0.25, 0.3) is 0 Å². The molecule has 4 heterocycles. The van der Waals surface area contributed by atoms with Crippen molar-refractivity contribution in [3.8, 4) is 16.9 Å². The monoisotopic (exact) mass is 603 g/mol. The number of halogens is 2. The van der Waals surface area contributed by atoms with E-state index >= 15 is 4.39 Å². The Morgan fingerprint density at radius 2 is 1.65 bits per heavy atom. The molecule has 11 heteroatoms. The number of carbonyl (C=O) groups is 1. The largest absolute Gasteiger partial charge is 0.355 e. The third kappa shape index (κ3) is 5.40. The summed E-state index contributed by atoms with van der Waals surface area (Å²) >= 11 is 6.83. The van der Waals surface area contributed by atoms with Gasteiger partial charge < -0.3 is 9.80 Å². The molecule has 1 fully saturated rings. The molecule has 1 amide bonds. The minimum Gasteiger partial charge on any atom is -0.347 e. The van der Waals surface area contributed by atoms with Gasteiger partial charge in [0.1, 0.15) is 18.0 Å². The number of carbonyl (C=O) groups excluding carboxylic acids is 1. The second-order valence-corrected chi connectivity index (χ2v) is 12.0. The van der Waals surface area contributed by atoms with Crippen LogP contribution in [0.15, 0.2) is 54.1 Å². The molecule has 0 saturated carbocycles. The Morgan fingerprint density at radius 3 is 2.21 bits per heavy atom. The molecule has 0 bridgehead atoms. The number of hydrogen-bond donors (Lipinski definition) is 0. The minimum absolute atomic E-state index is 0.0500. The van der Waals surface area contributed by atoms with E-state index in [4.69, 9.17) is 16.6 Å². The Labute approximate surface area is 255 Å². The summed E-state index contributed by atoms with van der Waals surface area (Å²) in [6.45, 7) is 16.4. The third-order valence-corrected chi connectivity index (χ3v) is 8.06. The van der Waals surface area contributed by atoms with Crippen LogP contribution >= 0.6 is 11.6 Å². The van der Waals surface area contributed by atoms with E-state index < -0.39 is 11.5 Å². The molecule has 0 aliphatic carbocycles. The topological polar surface area (TPSA) is 97.1 Å². The van der Waals surface area contributed by atoms with Gasteiger partial charge in [-0.1, -0.05) is 58.0 Å². The highest BCUT2D eigenvalue weighted by Gasteiger charge is 2.35. The Kier molecular flexibility index (Phi) is 8.34. The van der Waals surface area contributed by atoms with Crippen LogP contribution in [0.1, 0.15) is 64.8 Å². The van der Waals surface area contributed by atoms with Gasteiger partial charge in [-0.2, -0.15) is 4.98 Å². The van der Waals surface area contributed by atoms with E-state index in [1.54, 1.807) is 29.2 Å². The smallest absolute Gasteiger partial charge is 0.347 e. The predicted octanol–water partition coefficient (Wildman–Crippen LogP) is 5.89. The number of piperazine rings is 1. The number of aromatic nitrogens is 5. The molecular weight excluding hydrogens is 569 g/mol. The molecule has 5 rings (SSSR count). The molecule has 0 radical (unpaired) electrons. The lowest BCUT2D eigenvalue weighted by Crippen LogP contribution is -2.58. The standard InChI is InChI=1S/C32H35ClFN7O2/c1-8-25(42)39-14-19(6)40(20(7)15-39)31-22-13-23(33)28(21-11-9-10-12-24(21)34)37-30(22)41(32(43)38-31)29-26(17(2)3)35-16-36-27(29)18(4)5/h8-13,16-20H,1,14-15H2,2-7H3/t19-,20-/m0/s1. The van der Waals surface area contributed by atoms with Crippen molar-refractivity contribution < 1.29 is 9.18 Å². The van der Waals surface area contributed by atoms with Crippen molar-refractivity contribution in [3.63, 3.8) is 0 Å². The van der Waals surface area contributed by atoms with E-state index in [0.717, 1.165) is 0 Å². The molecular formula is C32H35ClFN7O2. The number of amides is 1. The zero-order chi connectivity index (χ0) is 31.2. The molecule has 2 atom stereocenters. The average Bonchev–Trinajstić information content (AvgIpc) is 2.96. The van der Waals surface area contributed by atoms with Crippen LogP contribution in [0.3, 0.4) is 0 Å². The molecule has 0 N–H and O–H groups in total. The molecule has 1 aromatic carbocycles. The summed E-state index contributed by atoms with van der Waals surface area (Å²) in [4.78, 5) is 49.1. The second kappa shape index (κ2) is 11.8. The molecule has 43 heavy (non-hydrogen) atoms. The number of anilines is 1. The highest BCUT2D eigenvalue weighted by molar-refractivity contribution is 6.33. The zero-order valence-electron chi connectivity index (χ0n) is 25.2. The van der Waals surface area contributed by atoms with Gasteiger partial charge in [0, 0.05) is 30.7 Å². The fourth-order valence-corrected chi connectivity index (χ4v) is 6.13. The lowest BCUT2D eigenvalue weighted by Gasteiger charge is -2.45. The van der Waals surface area contributed by atoms with Crippen LogP contribution < -0.4 is 10.6 Å². The van der Waals surface area contributed by atoms with Gasteiger partial charge in [-0.15, -0.1) is 0 Å². The van der Waals surface area contributed by atoms with Gasteiger partial charge >= 0.3 is 5.69 Å². The minimum atomic E-state index is -0.570. The first-order chi connectivity index (χ1) is 20.4. The van der Waals surface area contributed by atoms with Crippen LogP contribution in [0, 0.1) is 5.82 Å². The maximum absolute atomic E-state index is 15.1. The Bertz CT molecular complexity index is 1750. The first-order valence-corrected chi connectivity index (χ1v) is 14.7. The molecule has 1 aliphatic heterocycles. The van der Waals surface area contributed by atoms with Crippen molar-refractivity contribution in [1.82, 2.24) is 29.4 Å². The summed E-state index contributed by atoms with van der Waals surface area (Å²) < 4.78 is 16.5. The number of pyridine rings is 1. The number of hydrogen-bond acceptors (Lipinski definition) is 7. The molecule has 224 valence electrons. The quantitative estimate of drug-likeness (QED) is 0.254. The molecule has 3 aromatic heterocycles. The summed E-state index contributed by atoms with van der Waals surface area (Å²) in [5, 5.41) is 0.726. The van der Waals surface area contributed by atoms with Crippen molar-refractivity contribution in [2.75, 3.05) is 18.0 Å². The first-order valence-electron chi connectivity index (χ1n) is 14.4. The van der Waals surface area contributed by atoms with E-state index in [9.17, 15) is 9.59 Å². The number of rotatable bonds is 6. The fraction of sp³-hybridized carbons (Fsp3) is 0.375. The van der Waals surface area contributed by atoms with Gasteiger partial charge in [0.05, 0.1) is 33.2 Å². The van der Waals surface area contributed by atoms with Crippen LogP contribution in [-0.4, -0.2) is 60.5 Å². The lowest BCUT2D eigenvalue weighted by atomic mass is 10.0. The normalized spacial score (nSPS) is 17.3. The number of fused-ring (bicyclic) bond motifs is 1. The molecule has 0 spiro atoms. The van der Waals surface area contributed by atoms with Crippen LogP contribution in [-0.2, 0) is 4.79 Å². The number of benzene rings is 1. The Hall–Kier alpha value is -4.18. The van der Waals surface area contributed by atoms with E-state index in [0.29, 0.717) is 41.4 Å². The highest BCUT2D eigenvalue weighted by atomic mass is 35.5. The van der Waals surface area contributed by atoms with E-state index in [1.165, 1.54) is 23.0 Å².